The van der Waals surface area contributed by atoms with E-state index in [4.69, 9.17) is 20.2 Å². The number of nitrogens with two attached hydrogens (primary N) is 1. The molecule has 11 nitrogen and oxygen atoms in total. The number of anilines is 2. The summed E-state index contributed by atoms with van der Waals surface area (Å²) in [6.07, 6.45) is 4.36. The van der Waals surface area contributed by atoms with Crippen molar-refractivity contribution in [3.63, 3.8) is 0 Å². The molecule has 3 aromatic heterocycles. The number of aromatic amines is 1. The maximum Gasteiger partial charge on any atom is 0.266 e. The monoisotopic (exact) mass is 484 g/mol. The number of aromatic nitrogens is 6. The van der Waals surface area contributed by atoms with Crippen molar-refractivity contribution in [2.75, 3.05) is 18.2 Å². The molecule has 0 bridgehead atoms. The number of imidazole rings is 1. The van der Waals surface area contributed by atoms with Crippen LogP contribution in [-0.2, 0) is 4.74 Å². The lowest BCUT2D eigenvalue weighted by Gasteiger charge is -2.21. The molecule has 36 heavy (non-hydrogen) atoms. The number of hydrogen-bond acceptors (Lipinski definition) is 9. The molecular weight excluding hydrogens is 460 g/mol. The van der Waals surface area contributed by atoms with Gasteiger partial charge in [0.25, 0.3) is 5.56 Å². The summed E-state index contributed by atoms with van der Waals surface area (Å²) in [6.45, 7) is 3.78. The Morgan fingerprint density at radius 1 is 1.14 bits per heavy atom. The molecule has 0 saturated carbocycles. The fourth-order valence-electron chi connectivity index (χ4n) is 4.03. The Balaban J connectivity index is 1.67. The zero-order valence-electron chi connectivity index (χ0n) is 19.9. The number of fused-ring (bicyclic) bond motifs is 2. The quantitative estimate of drug-likeness (QED) is 0.295. The van der Waals surface area contributed by atoms with E-state index in [2.05, 4.69) is 25.3 Å². The van der Waals surface area contributed by atoms with Crippen molar-refractivity contribution in [2.45, 2.75) is 19.9 Å². The van der Waals surface area contributed by atoms with E-state index < -0.39 is 6.04 Å². The van der Waals surface area contributed by atoms with Gasteiger partial charge in [-0.05, 0) is 37.6 Å². The summed E-state index contributed by atoms with van der Waals surface area (Å²) in [5.41, 5.74) is 8.76. The molecule has 0 radical (unpaired) electrons. The van der Waals surface area contributed by atoms with Gasteiger partial charge in [-0.15, -0.1) is 0 Å². The Hall–Kier alpha value is -4.93. The second-order valence-corrected chi connectivity index (χ2v) is 8.10. The molecule has 3 heterocycles. The Bertz CT molecular complexity index is 1660. The molecule has 5 rings (SSSR count). The molecule has 2 aromatic carbocycles. The molecule has 0 aliphatic heterocycles. The smallest absolute Gasteiger partial charge is 0.266 e. The summed E-state index contributed by atoms with van der Waals surface area (Å²) >= 11 is 0. The van der Waals surface area contributed by atoms with Crippen LogP contribution in [0.4, 0.5) is 11.8 Å². The number of benzene rings is 2. The first-order chi connectivity index (χ1) is 17.5. The molecular formula is C25H24N8O3. The van der Waals surface area contributed by atoms with Gasteiger partial charge in [0.15, 0.2) is 11.5 Å². The lowest BCUT2D eigenvalue weighted by Crippen LogP contribution is -2.28. The lowest BCUT2D eigenvalue weighted by atomic mass is 10.1. The summed E-state index contributed by atoms with van der Waals surface area (Å²) in [5.74, 6) is 1.55. The third kappa shape index (κ3) is 4.17. The van der Waals surface area contributed by atoms with Gasteiger partial charge in [0.2, 0.25) is 5.95 Å². The average Bonchev–Trinajstić information content (AvgIpc) is 3.33. The molecule has 4 N–H and O–H groups in total. The van der Waals surface area contributed by atoms with E-state index in [0.29, 0.717) is 45.1 Å². The number of nitrogens with zero attached hydrogens (tertiary/aromatic N) is 5. The summed E-state index contributed by atoms with van der Waals surface area (Å²) in [6, 6.07) is 12.3. The van der Waals surface area contributed by atoms with Crippen molar-refractivity contribution in [3.05, 3.63) is 83.1 Å². The van der Waals surface area contributed by atoms with Crippen LogP contribution in [0, 0.1) is 6.92 Å². The normalized spacial score (nSPS) is 12.3. The molecule has 5 aromatic rings. The Morgan fingerprint density at radius 2 is 1.97 bits per heavy atom. The first-order valence-corrected chi connectivity index (χ1v) is 11.2. The summed E-state index contributed by atoms with van der Waals surface area (Å²) < 4.78 is 12.1. The highest BCUT2D eigenvalue weighted by molar-refractivity contribution is 5.84. The van der Waals surface area contributed by atoms with E-state index in [1.165, 1.54) is 26.0 Å². The van der Waals surface area contributed by atoms with Gasteiger partial charge in [0, 0.05) is 6.07 Å². The van der Waals surface area contributed by atoms with Crippen molar-refractivity contribution in [1.29, 1.82) is 0 Å². The van der Waals surface area contributed by atoms with E-state index in [9.17, 15) is 4.79 Å². The highest BCUT2D eigenvalue weighted by atomic mass is 16.5. The molecule has 0 aliphatic carbocycles. The van der Waals surface area contributed by atoms with Gasteiger partial charge in [-0.1, -0.05) is 18.2 Å². The van der Waals surface area contributed by atoms with Crippen LogP contribution in [-0.4, -0.2) is 36.6 Å². The van der Waals surface area contributed by atoms with Gasteiger partial charge < -0.3 is 25.5 Å². The number of H-pyrrole nitrogens is 1. The largest absolute Gasteiger partial charge is 0.501 e. The van der Waals surface area contributed by atoms with Gasteiger partial charge in [0.05, 0.1) is 36.1 Å². The highest BCUT2D eigenvalue weighted by Crippen LogP contribution is 2.26. The number of hydrogen-bond donors (Lipinski definition) is 3. The predicted octanol–water partition coefficient (Wildman–Crippen LogP) is 3.61. The molecule has 11 heteroatoms. The fourth-order valence-corrected chi connectivity index (χ4v) is 4.03. The van der Waals surface area contributed by atoms with Gasteiger partial charge in [-0.2, -0.15) is 9.97 Å². The topological polar surface area (TPSA) is 146 Å². The van der Waals surface area contributed by atoms with Crippen LogP contribution in [0.2, 0.25) is 0 Å². The average molecular weight is 485 g/mol. The first kappa shape index (κ1) is 22.8. The minimum atomic E-state index is -0.457. The number of rotatable bonds is 7. The van der Waals surface area contributed by atoms with Crippen LogP contribution in [0.3, 0.4) is 0 Å². The second kappa shape index (κ2) is 9.37. The standard InChI is InChI=1S/C25H24N8O3/c1-14-6-4-9-18-19(14)24(34)33(16-7-5-8-17(12-16)36-11-10-35-3)23(30-18)15(2)29-22-20-21(28-13-27-20)31-25(26)32-22/h4-13,15H,1-3H3,(H4,26,27,28,29,31,32)/b11-10+. The number of ether oxygens (including phenoxy) is 2. The molecule has 182 valence electrons. The minimum absolute atomic E-state index is 0.0812. The van der Waals surface area contributed by atoms with Gasteiger partial charge in [-0.3, -0.25) is 9.36 Å². The molecule has 1 atom stereocenters. The molecule has 0 aliphatic rings. The summed E-state index contributed by atoms with van der Waals surface area (Å²) in [5, 5.41) is 3.86. The van der Waals surface area contributed by atoms with Gasteiger partial charge in [-0.25, -0.2) is 9.97 Å². The van der Waals surface area contributed by atoms with Gasteiger partial charge >= 0.3 is 0 Å². The van der Waals surface area contributed by atoms with Crippen molar-refractivity contribution in [1.82, 2.24) is 29.5 Å². The molecule has 0 amide bonds. The van der Waals surface area contributed by atoms with Crippen molar-refractivity contribution in [2.24, 2.45) is 0 Å². The van der Waals surface area contributed by atoms with Crippen LogP contribution in [0.25, 0.3) is 27.8 Å². The van der Waals surface area contributed by atoms with E-state index in [0.717, 1.165) is 5.56 Å². The Morgan fingerprint density at radius 3 is 2.81 bits per heavy atom. The zero-order valence-corrected chi connectivity index (χ0v) is 19.9. The molecule has 1 unspecified atom stereocenters. The van der Waals surface area contributed by atoms with Crippen LogP contribution < -0.4 is 21.3 Å². The number of aryl methyl sites for hydroxylation is 1. The van der Waals surface area contributed by atoms with E-state index in [1.807, 2.05) is 38.1 Å². The highest BCUT2D eigenvalue weighted by Gasteiger charge is 2.21. The molecule has 0 fully saturated rings. The maximum atomic E-state index is 13.9. The number of nitrogen functional groups attached to an aromatic ring is 1. The first-order valence-electron chi connectivity index (χ1n) is 11.2. The molecule has 0 spiro atoms. The lowest BCUT2D eigenvalue weighted by molar-refractivity contribution is 0.319. The Labute approximate surface area is 205 Å². The van der Waals surface area contributed by atoms with Crippen molar-refractivity contribution >= 4 is 33.8 Å². The van der Waals surface area contributed by atoms with Crippen molar-refractivity contribution < 1.29 is 9.47 Å². The van der Waals surface area contributed by atoms with Gasteiger partial charge in [0.1, 0.15) is 29.6 Å². The third-order valence-corrected chi connectivity index (χ3v) is 5.65. The van der Waals surface area contributed by atoms with Crippen LogP contribution in [0.5, 0.6) is 5.75 Å². The maximum absolute atomic E-state index is 13.9. The number of methoxy groups -OCH3 is 1. The summed E-state index contributed by atoms with van der Waals surface area (Å²) in [7, 11) is 1.53. The fraction of sp³-hybridized carbons (Fsp3) is 0.160. The van der Waals surface area contributed by atoms with E-state index in [-0.39, 0.29) is 11.5 Å². The Kier molecular flexibility index (Phi) is 5.95. The predicted molar refractivity (Wildman–Crippen MR) is 137 cm³/mol. The SMILES string of the molecule is CO/C=C/Oc1cccc(-n2c(C(C)Nc3nc(N)nc4nc[nH]c34)nc3cccc(C)c3c2=O)c1. The second-order valence-electron chi connectivity index (χ2n) is 8.10. The number of nitrogens with one attached hydrogen (secondary N) is 2. The van der Waals surface area contributed by atoms with E-state index in [1.54, 1.807) is 22.8 Å². The molecule has 0 saturated heterocycles. The van der Waals surface area contributed by atoms with Crippen LogP contribution >= 0.6 is 0 Å². The summed E-state index contributed by atoms with van der Waals surface area (Å²) in [4.78, 5) is 34.4. The minimum Gasteiger partial charge on any atom is -0.501 e. The van der Waals surface area contributed by atoms with E-state index >= 15 is 0 Å². The van der Waals surface area contributed by atoms with Crippen molar-refractivity contribution in [3.8, 4) is 11.4 Å². The zero-order chi connectivity index (χ0) is 25.2. The van der Waals surface area contributed by atoms with Crippen LogP contribution in [0.15, 0.2) is 66.1 Å². The van der Waals surface area contributed by atoms with Crippen LogP contribution in [0.1, 0.15) is 24.4 Å². The third-order valence-electron chi connectivity index (χ3n) is 5.65.